The molecule has 0 unspecified atom stereocenters. The van der Waals surface area contributed by atoms with E-state index in [1.54, 1.807) is 18.2 Å². The number of carbonyl (C=O) groups excluding carboxylic acids is 1. The molecule has 0 fully saturated rings. The summed E-state index contributed by atoms with van der Waals surface area (Å²) in [5, 5.41) is 2.54. The van der Waals surface area contributed by atoms with Crippen molar-refractivity contribution in [3.63, 3.8) is 0 Å². The minimum absolute atomic E-state index is 0.283. The van der Waals surface area contributed by atoms with Crippen LogP contribution in [0.15, 0.2) is 53.4 Å². The molecule has 122 valence electrons. The number of rotatable bonds is 5. The number of methoxy groups -OCH3 is 1. The molecule has 0 radical (unpaired) electrons. The van der Waals surface area contributed by atoms with E-state index in [4.69, 9.17) is 4.74 Å². The van der Waals surface area contributed by atoms with Crippen molar-refractivity contribution in [3.8, 4) is 5.75 Å². The maximum atomic E-state index is 12.4. The van der Waals surface area contributed by atoms with Crippen LogP contribution in [-0.2, 0) is 9.84 Å². The molecule has 1 N–H and O–H groups in total. The lowest BCUT2D eigenvalue weighted by molar-refractivity contribution is 0.102. The molecule has 1 amide bonds. The molecule has 0 aliphatic rings. The first kappa shape index (κ1) is 16.9. The molecule has 23 heavy (non-hydrogen) atoms. The Kier molecular flexibility index (Phi) is 4.95. The Balaban J connectivity index is 2.16. The van der Waals surface area contributed by atoms with Crippen LogP contribution < -0.4 is 10.1 Å². The molecule has 8 heteroatoms. The van der Waals surface area contributed by atoms with Gasteiger partial charge in [0.1, 0.15) is 5.75 Å². The Morgan fingerprint density at radius 3 is 2.35 bits per heavy atom. The van der Waals surface area contributed by atoms with Gasteiger partial charge in [-0.3, -0.25) is 4.79 Å². The summed E-state index contributed by atoms with van der Waals surface area (Å²) in [6.07, 6.45) is 0. The lowest BCUT2D eigenvalue weighted by atomic mass is 10.2. The maximum absolute atomic E-state index is 12.4. The minimum Gasteiger partial charge on any atom is -0.497 e. The van der Waals surface area contributed by atoms with Crippen LogP contribution in [0.25, 0.3) is 0 Å². The van der Waals surface area contributed by atoms with Gasteiger partial charge >= 0.3 is 5.76 Å². The topological polar surface area (TPSA) is 72.5 Å². The number of benzene rings is 2. The van der Waals surface area contributed by atoms with Gasteiger partial charge in [0.05, 0.1) is 12.0 Å². The average molecular weight is 341 g/mol. The minimum atomic E-state index is -4.65. The highest BCUT2D eigenvalue weighted by atomic mass is 32.2. The fraction of sp³-hybridized carbons (Fsp3) is 0.133. The third kappa shape index (κ3) is 3.84. The molecule has 0 saturated carbocycles. The van der Waals surface area contributed by atoms with Gasteiger partial charge in [0.2, 0.25) is 9.84 Å². The summed E-state index contributed by atoms with van der Waals surface area (Å²) in [6.45, 7) is 0. The Bertz CT molecular complexity index is 804. The van der Waals surface area contributed by atoms with Crippen molar-refractivity contribution in [2.75, 3.05) is 12.4 Å². The van der Waals surface area contributed by atoms with E-state index in [1.165, 1.54) is 25.3 Å². The van der Waals surface area contributed by atoms with Crippen LogP contribution in [0.1, 0.15) is 10.4 Å². The summed E-state index contributed by atoms with van der Waals surface area (Å²) in [7, 11) is -3.17. The standard InChI is InChI=1S/C15H13F2NO4S/c1-22-12-4-2-3-10(9-12)14(19)18-11-5-7-13(8-6-11)23(20,21)15(16)17/h2-9,15H,1H3,(H,18,19). The third-order valence-electron chi connectivity index (χ3n) is 3.01. The van der Waals surface area contributed by atoms with Crippen molar-refractivity contribution in [1.29, 1.82) is 0 Å². The zero-order valence-electron chi connectivity index (χ0n) is 12.0. The summed E-state index contributed by atoms with van der Waals surface area (Å²) in [5.41, 5.74) is 0.625. The van der Waals surface area contributed by atoms with Gasteiger partial charge in [0.15, 0.2) is 0 Å². The molecule has 0 spiro atoms. The van der Waals surface area contributed by atoms with Crippen molar-refractivity contribution in [2.24, 2.45) is 0 Å². The molecule has 2 aromatic carbocycles. The first-order chi connectivity index (χ1) is 10.8. The van der Waals surface area contributed by atoms with Gasteiger partial charge in [-0.1, -0.05) is 6.07 Å². The number of halogens is 2. The summed E-state index contributed by atoms with van der Waals surface area (Å²) in [4.78, 5) is 11.6. The largest absolute Gasteiger partial charge is 0.497 e. The van der Waals surface area contributed by atoms with Crippen LogP contribution in [0.5, 0.6) is 5.75 Å². The summed E-state index contributed by atoms with van der Waals surface area (Å²) >= 11 is 0. The predicted octanol–water partition coefficient (Wildman–Crippen LogP) is 2.94. The summed E-state index contributed by atoms with van der Waals surface area (Å²) in [6, 6.07) is 11.0. The number of nitrogens with one attached hydrogen (secondary N) is 1. The third-order valence-corrected chi connectivity index (χ3v) is 4.41. The van der Waals surface area contributed by atoms with Crippen LogP contribution in [0.3, 0.4) is 0 Å². The van der Waals surface area contributed by atoms with E-state index in [9.17, 15) is 22.0 Å². The van der Waals surface area contributed by atoms with E-state index in [-0.39, 0.29) is 5.69 Å². The molecule has 5 nitrogen and oxygen atoms in total. The summed E-state index contributed by atoms with van der Waals surface area (Å²) < 4.78 is 52.5. The summed E-state index contributed by atoms with van der Waals surface area (Å²) in [5.74, 6) is -3.41. The molecular weight excluding hydrogens is 328 g/mol. The Hall–Kier alpha value is -2.48. The highest BCUT2D eigenvalue weighted by molar-refractivity contribution is 7.91. The van der Waals surface area contributed by atoms with Crippen molar-refractivity contribution in [3.05, 3.63) is 54.1 Å². The van der Waals surface area contributed by atoms with Crippen LogP contribution in [0.4, 0.5) is 14.5 Å². The van der Waals surface area contributed by atoms with E-state index in [1.807, 2.05) is 0 Å². The highest BCUT2D eigenvalue weighted by Crippen LogP contribution is 2.21. The Morgan fingerprint density at radius 2 is 1.78 bits per heavy atom. The smallest absolute Gasteiger partial charge is 0.341 e. The predicted molar refractivity (Wildman–Crippen MR) is 80.6 cm³/mol. The number of ether oxygens (including phenoxy) is 1. The highest BCUT2D eigenvalue weighted by Gasteiger charge is 2.26. The van der Waals surface area contributed by atoms with Gasteiger partial charge in [0.25, 0.3) is 5.91 Å². The number of carbonyl (C=O) groups is 1. The number of anilines is 1. The number of hydrogen-bond acceptors (Lipinski definition) is 4. The first-order valence-electron chi connectivity index (χ1n) is 6.42. The van der Waals surface area contributed by atoms with Crippen LogP contribution in [0, 0.1) is 0 Å². The zero-order valence-corrected chi connectivity index (χ0v) is 12.8. The van der Waals surface area contributed by atoms with Crippen molar-refractivity contribution in [2.45, 2.75) is 10.7 Å². The number of amides is 1. The van der Waals surface area contributed by atoms with Gasteiger partial charge < -0.3 is 10.1 Å². The molecule has 0 aromatic heterocycles. The van der Waals surface area contributed by atoms with Gasteiger partial charge in [-0.25, -0.2) is 8.42 Å². The van der Waals surface area contributed by atoms with E-state index in [0.29, 0.717) is 11.3 Å². The second-order valence-corrected chi connectivity index (χ2v) is 6.43. The van der Waals surface area contributed by atoms with Crippen molar-refractivity contribution in [1.82, 2.24) is 0 Å². The number of alkyl halides is 2. The van der Waals surface area contributed by atoms with E-state index in [2.05, 4.69) is 5.32 Å². The second-order valence-electron chi connectivity index (χ2n) is 4.52. The van der Waals surface area contributed by atoms with Gasteiger partial charge in [-0.2, -0.15) is 8.78 Å². The monoisotopic (exact) mass is 341 g/mol. The van der Waals surface area contributed by atoms with Gasteiger partial charge in [-0.05, 0) is 42.5 Å². The number of hydrogen-bond donors (Lipinski definition) is 1. The molecule has 0 saturated heterocycles. The number of sulfone groups is 1. The van der Waals surface area contributed by atoms with Crippen molar-refractivity contribution < 1.29 is 26.7 Å². The fourth-order valence-electron chi connectivity index (χ4n) is 1.80. The molecule has 2 rings (SSSR count). The van der Waals surface area contributed by atoms with Crippen LogP contribution >= 0.6 is 0 Å². The molecule has 0 atom stereocenters. The molecule has 0 aliphatic heterocycles. The Morgan fingerprint density at radius 1 is 1.13 bits per heavy atom. The van der Waals surface area contributed by atoms with Crippen LogP contribution in [-0.4, -0.2) is 27.2 Å². The molecule has 0 heterocycles. The second kappa shape index (κ2) is 6.74. The van der Waals surface area contributed by atoms with Gasteiger partial charge in [-0.15, -0.1) is 0 Å². The lowest BCUT2D eigenvalue weighted by Gasteiger charge is -2.08. The van der Waals surface area contributed by atoms with E-state index < -0.39 is 26.4 Å². The fourth-order valence-corrected chi connectivity index (χ4v) is 2.52. The maximum Gasteiger partial charge on any atom is 0.341 e. The van der Waals surface area contributed by atoms with E-state index >= 15 is 0 Å². The van der Waals surface area contributed by atoms with E-state index in [0.717, 1.165) is 12.1 Å². The Labute approximate surface area is 131 Å². The molecule has 0 bridgehead atoms. The van der Waals surface area contributed by atoms with Crippen LogP contribution in [0.2, 0.25) is 0 Å². The average Bonchev–Trinajstić information content (AvgIpc) is 2.55. The normalized spacial score (nSPS) is 11.3. The zero-order chi connectivity index (χ0) is 17.0. The van der Waals surface area contributed by atoms with Gasteiger partial charge in [0, 0.05) is 11.3 Å². The molecule has 0 aliphatic carbocycles. The quantitative estimate of drug-likeness (QED) is 0.907. The first-order valence-corrected chi connectivity index (χ1v) is 7.97. The van der Waals surface area contributed by atoms with Crippen molar-refractivity contribution >= 4 is 21.4 Å². The molecular formula is C15H13F2NO4S. The molecule has 2 aromatic rings. The lowest BCUT2D eigenvalue weighted by Crippen LogP contribution is -2.13. The SMILES string of the molecule is COc1cccc(C(=O)Nc2ccc(S(=O)(=O)C(F)F)cc2)c1.